The number of carbonyl (C=O) groups is 1. The van der Waals surface area contributed by atoms with Gasteiger partial charge in [0, 0.05) is 55.6 Å². The molecule has 0 bridgehead atoms. The second-order valence-corrected chi connectivity index (χ2v) is 9.05. The largest absolute Gasteiger partial charge is 0.355 e. The molecule has 1 amide bonds. The molecule has 7 nitrogen and oxygen atoms in total. The zero-order chi connectivity index (χ0) is 20.6. The number of anilines is 1. The molecular weight excluding hydrogens is 352 g/mol. The van der Waals surface area contributed by atoms with E-state index < -0.39 is 0 Å². The van der Waals surface area contributed by atoms with E-state index in [-0.39, 0.29) is 11.4 Å². The molecule has 0 spiro atoms. The first-order valence-corrected chi connectivity index (χ1v) is 10.4. The molecule has 2 fully saturated rings. The van der Waals surface area contributed by atoms with Gasteiger partial charge in [0.05, 0.1) is 0 Å². The minimum Gasteiger partial charge on any atom is -0.355 e. The molecule has 3 rings (SSSR count). The maximum absolute atomic E-state index is 13.2. The van der Waals surface area contributed by atoms with Crippen LogP contribution in [-0.4, -0.2) is 95.5 Å². The van der Waals surface area contributed by atoms with Crippen LogP contribution in [0.25, 0.3) is 0 Å². The van der Waals surface area contributed by atoms with Crippen molar-refractivity contribution < 1.29 is 4.79 Å². The molecule has 0 aromatic carbocycles. The van der Waals surface area contributed by atoms with Crippen molar-refractivity contribution in [3.63, 3.8) is 0 Å². The van der Waals surface area contributed by atoms with E-state index in [9.17, 15) is 4.79 Å². The lowest BCUT2D eigenvalue weighted by atomic mass is 9.99. The summed E-state index contributed by atoms with van der Waals surface area (Å²) in [6.45, 7) is 15.9. The van der Waals surface area contributed by atoms with Gasteiger partial charge in [0.15, 0.2) is 0 Å². The highest BCUT2D eigenvalue weighted by molar-refractivity contribution is 5.91. The van der Waals surface area contributed by atoms with Crippen LogP contribution < -0.4 is 4.90 Å². The van der Waals surface area contributed by atoms with Gasteiger partial charge in [-0.15, -0.1) is 0 Å². The molecule has 7 heteroatoms. The maximum Gasteiger partial charge on any atom is 0.291 e. The Hall–Kier alpha value is -1.73. The molecule has 1 aromatic heterocycles. The molecule has 0 aliphatic carbocycles. The summed E-state index contributed by atoms with van der Waals surface area (Å²) in [6, 6.07) is 0.525. The molecule has 156 valence electrons. The minimum atomic E-state index is -0.0449. The van der Waals surface area contributed by atoms with E-state index in [4.69, 9.17) is 4.98 Å². The van der Waals surface area contributed by atoms with Crippen molar-refractivity contribution in [3.8, 4) is 0 Å². The first-order chi connectivity index (χ1) is 13.1. The first kappa shape index (κ1) is 21.0. The minimum absolute atomic E-state index is 0.0287. The van der Waals surface area contributed by atoms with E-state index in [1.165, 1.54) is 0 Å². The summed E-state index contributed by atoms with van der Waals surface area (Å²) in [5, 5.41) is 0. The summed E-state index contributed by atoms with van der Waals surface area (Å²) in [4.78, 5) is 31.5. The molecule has 0 radical (unpaired) electrons. The lowest BCUT2D eigenvalue weighted by Crippen LogP contribution is -2.60. The van der Waals surface area contributed by atoms with Crippen molar-refractivity contribution in [2.24, 2.45) is 0 Å². The van der Waals surface area contributed by atoms with Gasteiger partial charge in [0.2, 0.25) is 5.82 Å². The van der Waals surface area contributed by atoms with Crippen molar-refractivity contribution in [1.29, 1.82) is 0 Å². The van der Waals surface area contributed by atoms with Crippen LogP contribution in [0.2, 0.25) is 0 Å². The molecule has 2 saturated heterocycles. The molecule has 0 unspecified atom stereocenters. The molecule has 28 heavy (non-hydrogen) atoms. The van der Waals surface area contributed by atoms with Gasteiger partial charge in [-0.1, -0.05) is 6.92 Å². The van der Waals surface area contributed by atoms with Crippen LogP contribution in [0.4, 0.5) is 5.82 Å². The van der Waals surface area contributed by atoms with Crippen LogP contribution in [0.1, 0.15) is 49.1 Å². The standard InChI is InChI=1S/C21H36N6O/c1-8-27-12-11-26(14-21(27,4)5)20(28)18-22-16(3)15(2)19(23-18)25-10-9-17(13-25)24(6)7/h17H,8-14H2,1-7H3/t17-/m1/s1. The average Bonchev–Trinajstić information content (AvgIpc) is 3.12. The molecule has 0 N–H and O–H groups in total. The lowest BCUT2D eigenvalue weighted by Gasteiger charge is -2.46. The van der Waals surface area contributed by atoms with Gasteiger partial charge in [0.25, 0.3) is 5.91 Å². The summed E-state index contributed by atoms with van der Waals surface area (Å²) in [5.74, 6) is 1.22. The van der Waals surface area contributed by atoms with Crippen molar-refractivity contribution in [2.75, 3.05) is 58.3 Å². The van der Waals surface area contributed by atoms with Gasteiger partial charge in [-0.3, -0.25) is 9.69 Å². The quantitative estimate of drug-likeness (QED) is 0.784. The van der Waals surface area contributed by atoms with E-state index in [0.29, 0.717) is 18.4 Å². The number of rotatable bonds is 4. The number of amides is 1. The summed E-state index contributed by atoms with van der Waals surface area (Å²) in [5.41, 5.74) is 1.94. The lowest BCUT2D eigenvalue weighted by molar-refractivity contribution is 0.0202. The van der Waals surface area contributed by atoms with Crippen LogP contribution in [-0.2, 0) is 0 Å². The number of aromatic nitrogens is 2. The summed E-state index contributed by atoms with van der Waals surface area (Å²) in [7, 11) is 4.25. The number of piperazine rings is 1. The number of nitrogens with zero attached hydrogens (tertiary/aromatic N) is 6. The van der Waals surface area contributed by atoms with Crippen molar-refractivity contribution in [1.82, 2.24) is 24.7 Å². The third kappa shape index (κ3) is 4.01. The fraction of sp³-hybridized carbons (Fsp3) is 0.762. The van der Waals surface area contributed by atoms with Gasteiger partial charge in [0.1, 0.15) is 5.82 Å². The zero-order valence-corrected chi connectivity index (χ0v) is 18.6. The van der Waals surface area contributed by atoms with E-state index >= 15 is 0 Å². The highest BCUT2D eigenvalue weighted by atomic mass is 16.2. The monoisotopic (exact) mass is 388 g/mol. The molecule has 2 aliphatic heterocycles. The molecule has 1 atom stereocenters. The number of hydrogen-bond donors (Lipinski definition) is 0. The second kappa shape index (κ2) is 7.95. The van der Waals surface area contributed by atoms with Gasteiger partial charge >= 0.3 is 0 Å². The fourth-order valence-electron chi connectivity index (χ4n) is 4.46. The Labute approximate surface area is 169 Å². The molecule has 2 aliphatic rings. The van der Waals surface area contributed by atoms with Crippen LogP contribution in [0.5, 0.6) is 0 Å². The summed E-state index contributed by atoms with van der Waals surface area (Å²) >= 11 is 0. The van der Waals surface area contributed by atoms with Gasteiger partial charge in [-0.25, -0.2) is 9.97 Å². The third-order valence-electron chi connectivity index (χ3n) is 6.49. The van der Waals surface area contributed by atoms with Crippen LogP contribution >= 0.6 is 0 Å². The second-order valence-electron chi connectivity index (χ2n) is 9.05. The van der Waals surface area contributed by atoms with Gasteiger partial charge in [-0.2, -0.15) is 0 Å². The van der Waals surface area contributed by atoms with E-state index in [1.807, 2.05) is 11.8 Å². The Morgan fingerprint density at radius 1 is 1.18 bits per heavy atom. The molecule has 1 aromatic rings. The zero-order valence-electron chi connectivity index (χ0n) is 18.6. The van der Waals surface area contributed by atoms with E-state index in [0.717, 1.165) is 56.2 Å². The van der Waals surface area contributed by atoms with Gasteiger partial charge in [-0.05, 0) is 54.8 Å². The van der Waals surface area contributed by atoms with Gasteiger partial charge < -0.3 is 14.7 Å². The Kier molecular flexibility index (Phi) is 5.96. The van der Waals surface area contributed by atoms with E-state index in [2.05, 4.69) is 61.5 Å². The molecule has 0 saturated carbocycles. The smallest absolute Gasteiger partial charge is 0.291 e. The van der Waals surface area contributed by atoms with E-state index in [1.54, 1.807) is 0 Å². The predicted octanol–water partition coefficient (Wildman–Crippen LogP) is 1.79. The van der Waals surface area contributed by atoms with Crippen LogP contribution in [0.3, 0.4) is 0 Å². The SMILES string of the molecule is CCN1CCN(C(=O)c2nc(C)c(C)c(N3CC[C@@H](N(C)C)C3)n2)CC1(C)C. The Bertz CT molecular complexity index is 732. The molecular formula is C21H36N6O. The summed E-state index contributed by atoms with van der Waals surface area (Å²) < 4.78 is 0. The number of hydrogen-bond acceptors (Lipinski definition) is 6. The Morgan fingerprint density at radius 2 is 1.89 bits per heavy atom. The first-order valence-electron chi connectivity index (χ1n) is 10.4. The Morgan fingerprint density at radius 3 is 2.46 bits per heavy atom. The topological polar surface area (TPSA) is 55.8 Å². The van der Waals surface area contributed by atoms with Crippen LogP contribution in [0.15, 0.2) is 0 Å². The summed E-state index contributed by atoms with van der Waals surface area (Å²) in [6.07, 6.45) is 1.12. The number of likely N-dealkylation sites (N-methyl/N-ethyl adjacent to an activating group) is 2. The highest BCUT2D eigenvalue weighted by Gasteiger charge is 2.36. The average molecular weight is 389 g/mol. The molecule has 3 heterocycles. The third-order valence-corrected chi connectivity index (χ3v) is 6.49. The van der Waals surface area contributed by atoms with Crippen molar-refractivity contribution >= 4 is 11.7 Å². The predicted molar refractivity (Wildman–Crippen MR) is 113 cm³/mol. The van der Waals surface area contributed by atoms with Crippen molar-refractivity contribution in [3.05, 3.63) is 17.1 Å². The Balaban J connectivity index is 1.83. The normalized spacial score (nSPS) is 22.9. The highest BCUT2D eigenvalue weighted by Crippen LogP contribution is 2.26. The fourth-order valence-corrected chi connectivity index (χ4v) is 4.46. The number of carbonyl (C=O) groups excluding carboxylic acids is 1. The number of aryl methyl sites for hydroxylation is 1. The van der Waals surface area contributed by atoms with Crippen molar-refractivity contribution in [2.45, 2.75) is 52.6 Å². The maximum atomic E-state index is 13.2. The van der Waals surface area contributed by atoms with Crippen LogP contribution in [0, 0.1) is 13.8 Å².